The van der Waals surface area contributed by atoms with Crippen LogP contribution in [0.3, 0.4) is 0 Å². The highest BCUT2D eigenvalue weighted by Gasteiger charge is 2.19. The predicted octanol–water partition coefficient (Wildman–Crippen LogP) is 2.84. The van der Waals surface area contributed by atoms with Crippen molar-refractivity contribution in [2.75, 3.05) is 31.6 Å². The van der Waals surface area contributed by atoms with Gasteiger partial charge in [-0.1, -0.05) is 6.07 Å². The molecule has 0 saturated carbocycles. The van der Waals surface area contributed by atoms with Gasteiger partial charge in [0.2, 0.25) is 0 Å². The van der Waals surface area contributed by atoms with E-state index in [0.717, 1.165) is 42.7 Å². The SMILES string of the molecule is Cc1cnc(Nc2cccc(CC3CCN(CCO)CC3)n2)s1. The van der Waals surface area contributed by atoms with Crippen molar-refractivity contribution >= 4 is 22.3 Å². The lowest BCUT2D eigenvalue weighted by molar-refractivity contribution is 0.147. The predicted molar refractivity (Wildman–Crippen MR) is 94.3 cm³/mol. The van der Waals surface area contributed by atoms with Gasteiger partial charge in [0, 0.05) is 23.3 Å². The molecule has 0 bridgehead atoms. The summed E-state index contributed by atoms with van der Waals surface area (Å²) in [5.74, 6) is 1.56. The molecule has 124 valence electrons. The van der Waals surface area contributed by atoms with Crippen molar-refractivity contribution in [3.8, 4) is 0 Å². The number of likely N-dealkylation sites (tertiary alicyclic amines) is 1. The molecule has 0 aromatic carbocycles. The summed E-state index contributed by atoms with van der Waals surface area (Å²) >= 11 is 1.64. The molecule has 1 aliphatic rings. The molecule has 1 fully saturated rings. The van der Waals surface area contributed by atoms with Gasteiger partial charge in [0.25, 0.3) is 0 Å². The Morgan fingerprint density at radius 1 is 1.35 bits per heavy atom. The zero-order chi connectivity index (χ0) is 16.1. The van der Waals surface area contributed by atoms with Crippen molar-refractivity contribution in [3.63, 3.8) is 0 Å². The maximum atomic E-state index is 9.01. The molecule has 0 unspecified atom stereocenters. The Hall–Kier alpha value is -1.50. The minimum atomic E-state index is 0.260. The fourth-order valence-electron chi connectivity index (χ4n) is 3.04. The molecule has 0 amide bonds. The van der Waals surface area contributed by atoms with Gasteiger partial charge in [0.1, 0.15) is 5.82 Å². The van der Waals surface area contributed by atoms with Crippen LogP contribution >= 0.6 is 11.3 Å². The molecular weight excluding hydrogens is 308 g/mol. The quantitative estimate of drug-likeness (QED) is 0.852. The number of nitrogens with one attached hydrogen (secondary N) is 1. The zero-order valence-corrected chi connectivity index (χ0v) is 14.4. The van der Waals surface area contributed by atoms with Gasteiger partial charge in [-0.25, -0.2) is 9.97 Å². The van der Waals surface area contributed by atoms with Gasteiger partial charge in [0.15, 0.2) is 5.13 Å². The first-order valence-electron chi connectivity index (χ1n) is 8.21. The molecule has 2 N–H and O–H groups in total. The molecule has 1 saturated heterocycles. The van der Waals surface area contributed by atoms with Crippen molar-refractivity contribution in [2.45, 2.75) is 26.2 Å². The molecule has 6 heteroatoms. The number of rotatable bonds is 6. The number of nitrogens with zero attached hydrogens (tertiary/aromatic N) is 3. The highest BCUT2D eigenvalue weighted by molar-refractivity contribution is 7.15. The minimum Gasteiger partial charge on any atom is -0.395 e. The molecular formula is C17H24N4OS. The van der Waals surface area contributed by atoms with E-state index in [0.29, 0.717) is 5.92 Å². The third-order valence-electron chi connectivity index (χ3n) is 4.28. The van der Waals surface area contributed by atoms with Crippen molar-refractivity contribution in [1.82, 2.24) is 14.9 Å². The molecule has 2 aromatic rings. The van der Waals surface area contributed by atoms with Gasteiger partial charge < -0.3 is 15.3 Å². The summed E-state index contributed by atoms with van der Waals surface area (Å²) in [5, 5.41) is 13.2. The average molecular weight is 332 g/mol. The van der Waals surface area contributed by atoms with Crippen LogP contribution in [0.2, 0.25) is 0 Å². The van der Waals surface area contributed by atoms with Crippen LogP contribution in [0.25, 0.3) is 0 Å². The fraction of sp³-hybridized carbons (Fsp3) is 0.529. The first-order valence-corrected chi connectivity index (χ1v) is 9.03. The molecule has 0 atom stereocenters. The van der Waals surface area contributed by atoms with E-state index in [1.807, 2.05) is 12.3 Å². The molecule has 23 heavy (non-hydrogen) atoms. The number of aromatic nitrogens is 2. The molecule has 1 aliphatic heterocycles. The highest BCUT2D eigenvalue weighted by Crippen LogP contribution is 2.23. The fourth-order valence-corrected chi connectivity index (χ4v) is 3.71. The van der Waals surface area contributed by atoms with E-state index in [4.69, 9.17) is 10.1 Å². The van der Waals surface area contributed by atoms with Crippen LogP contribution in [0.4, 0.5) is 10.9 Å². The normalized spacial score (nSPS) is 16.6. The van der Waals surface area contributed by atoms with Gasteiger partial charge in [-0.3, -0.25) is 0 Å². The Bertz CT molecular complexity index is 623. The van der Waals surface area contributed by atoms with Gasteiger partial charge >= 0.3 is 0 Å². The number of aliphatic hydroxyl groups excluding tert-OH is 1. The van der Waals surface area contributed by atoms with Gasteiger partial charge in [-0.2, -0.15) is 0 Å². The zero-order valence-electron chi connectivity index (χ0n) is 13.5. The van der Waals surface area contributed by atoms with Crippen LogP contribution in [0.5, 0.6) is 0 Å². The minimum absolute atomic E-state index is 0.260. The Morgan fingerprint density at radius 3 is 2.87 bits per heavy atom. The molecule has 3 heterocycles. The summed E-state index contributed by atoms with van der Waals surface area (Å²) in [5.41, 5.74) is 1.14. The third kappa shape index (κ3) is 4.73. The summed E-state index contributed by atoms with van der Waals surface area (Å²) in [6.45, 7) is 5.28. The van der Waals surface area contributed by atoms with E-state index in [2.05, 4.69) is 34.3 Å². The van der Waals surface area contributed by atoms with Crippen LogP contribution in [-0.4, -0.2) is 46.2 Å². The van der Waals surface area contributed by atoms with Crippen molar-refractivity contribution in [3.05, 3.63) is 35.0 Å². The summed E-state index contributed by atoms with van der Waals surface area (Å²) in [6.07, 6.45) is 5.27. The molecule has 5 nitrogen and oxygen atoms in total. The topological polar surface area (TPSA) is 61.3 Å². The Morgan fingerprint density at radius 2 is 2.17 bits per heavy atom. The number of hydrogen-bond donors (Lipinski definition) is 2. The van der Waals surface area contributed by atoms with Crippen molar-refractivity contribution < 1.29 is 5.11 Å². The second-order valence-electron chi connectivity index (χ2n) is 6.13. The number of hydrogen-bond acceptors (Lipinski definition) is 6. The maximum Gasteiger partial charge on any atom is 0.188 e. The van der Waals surface area contributed by atoms with Gasteiger partial charge in [-0.05, 0) is 57.3 Å². The van der Waals surface area contributed by atoms with Crippen LogP contribution in [0.15, 0.2) is 24.4 Å². The second-order valence-corrected chi connectivity index (χ2v) is 7.36. The second kappa shape index (κ2) is 7.86. The molecule has 2 aromatic heterocycles. The lowest BCUT2D eigenvalue weighted by Crippen LogP contribution is -2.36. The van der Waals surface area contributed by atoms with Gasteiger partial charge in [-0.15, -0.1) is 11.3 Å². The van der Waals surface area contributed by atoms with E-state index in [1.165, 1.54) is 17.7 Å². The number of aliphatic hydroxyl groups is 1. The van der Waals surface area contributed by atoms with Crippen molar-refractivity contribution in [2.24, 2.45) is 5.92 Å². The van der Waals surface area contributed by atoms with E-state index in [-0.39, 0.29) is 6.61 Å². The van der Waals surface area contributed by atoms with Gasteiger partial charge in [0.05, 0.1) is 6.61 Å². The smallest absolute Gasteiger partial charge is 0.188 e. The number of pyridine rings is 1. The summed E-state index contributed by atoms with van der Waals surface area (Å²) in [4.78, 5) is 12.6. The lowest BCUT2D eigenvalue weighted by atomic mass is 9.92. The molecule has 3 rings (SSSR count). The van der Waals surface area contributed by atoms with E-state index in [1.54, 1.807) is 11.3 Å². The van der Waals surface area contributed by atoms with Crippen molar-refractivity contribution in [1.29, 1.82) is 0 Å². The summed E-state index contributed by atoms with van der Waals surface area (Å²) in [7, 11) is 0. The Labute approximate surface area is 141 Å². The average Bonchev–Trinajstić information content (AvgIpc) is 2.95. The molecule has 0 radical (unpaired) electrons. The number of aryl methyl sites for hydroxylation is 1. The van der Waals surface area contributed by atoms with Crippen LogP contribution in [-0.2, 0) is 6.42 Å². The summed E-state index contributed by atoms with van der Waals surface area (Å²) in [6, 6.07) is 6.16. The summed E-state index contributed by atoms with van der Waals surface area (Å²) < 4.78 is 0. The highest BCUT2D eigenvalue weighted by atomic mass is 32.1. The number of anilines is 2. The maximum absolute atomic E-state index is 9.01. The van der Waals surface area contributed by atoms with E-state index in [9.17, 15) is 0 Å². The van der Waals surface area contributed by atoms with Crippen LogP contribution < -0.4 is 5.32 Å². The monoisotopic (exact) mass is 332 g/mol. The van der Waals surface area contributed by atoms with Crippen LogP contribution in [0, 0.1) is 12.8 Å². The Kier molecular flexibility index (Phi) is 5.59. The lowest BCUT2D eigenvalue weighted by Gasteiger charge is -2.31. The third-order valence-corrected chi connectivity index (χ3v) is 5.11. The Balaban J connectivity index is 1.55. The number of β-amino-alcohol motifs (C(OH)–C–C–N with tert-alkyl or cyclic N) is 1. The molecule has 0 aliphatic carbocycles. The number of thiazole rings is 1. The van der Waals surface area contributed by atoms with E-state index >= 15 is 0 Å². The molecule has 0 spiro atoms. The number of piperidine rings is 1. The standard InChI is InChI=1S/C17H24N4OS/c1-13-12-18-17(23-13)20-16-4-2-3-15(19-16)11-14-5-7-21(8-6-14)9-10-22/h2-4,12,14,22H,5-11H2,1H3,(H,18,19,20). The first-order chi connectivity index (χ1) is 11.2. The first kappa shape index (κ1) is 16.4. The van der Waals surface area contributed by atoms with Crippen LogP contribution in [0.1, 0.15) is 23.4 Å². The largest absolute Gasteiger partial charge is 0.395 e. The van der Waals surface area contributed by atoms with E-state index < -0.39 is 0 Å².